The molecule has 88 valence electrons. The Morgan fingerprint density at radius 3 is 2.71 bits per heavy atom. The molecule has 0 saturated carbocycles. The van der Waals surface area contributed by atoms with Crippen LogP contribution in [0.3, 0.4) is 0 Å². The third-order valence-electron chi connectivity index (χ3n) is 2.13. The number of aromatic nitrogens is 1. The van der Waals surface area contributed by atoms with Crippen LogP contribution >= 0.6 is 0 Å². The Labute approximate surface area is 98.9 Å². The molecule has 0 unspecified atom stereocenters. The van der Waals surface area contributed by atoms with Crippen LogP contribution in [0, 0.1) is 0 Å². The van der Waals surface area contributed by atoms with E-state index in [9.17, 15) is 4.79 Å². The molecule has 0 aliphatic carbocycles. The highest BCUT2D eigenvalue weighted by Gasteiger charge is 2.06. The predicted molar refractivity (Wildman–Crippen MR) is 65.0 cm³/mol. The second-order valence-corrected chi connectivity index (χ2v) is 3.43. The average Bonchev–Trinajstić information content (AvgIpc) is 2.78. The molecular formula is C12H13N3O2. The van der Waals surface area contributed by atoms with Crippen LogP contribution in [0.15, 0.2) is 41.0 Å². The molecule has 0 radical (unpaired) electrons. The zero-order valence-corrected chi connectivity index (χ0v) is 9.43. The number of hydrogen-bond donors (Lipinski definition) is 2. The maximum atomic E-state index is 11.6. The average molecular weight is 231 g/mol. The Morgan fingerprint density at radius 2 is 2.06 bits per heavy atom. The summed E-state index contributed by atoms with van der Waals surface area (Å²) in [5.74, 6) is 1.01. The second-order valence-electron chi connectivity index (χ2n) is 3.43. The van der Waals surface area contributed by atoms with Crippen molar-refractivity contribution in [3.8, 4) is 0 Å². The molecular weight excluding hydrogens is 218 g/mol. The van der Waals surface area contributed by atoms with E-state index in [2.05, 4.69) is 15.6 Å². The summed E-state index contributed by atoms with van der Waals surface area (Å²) in [4.78, 5) is 15.6. The number of rotatable bonds is 3. The van der Waals surface area contributed by atoms with E-state index in [1.165, 1.54) is 6.26 Å². The van der Waals surface area contributed by atoms with Crippen molar-refractivity contribution in [3.63, 3.8) is 0 Å². The second kappa shape index (κ2) is 5.16. The molecule has 1 aromatic carbocycles. The normalized spacial score (nSPS) is 9.94. The molecule has 5 heteroatoms. The van der Waals surface area contributed by atoms with Crippen molar-refractivity contribution < 1.29 is 9.21 Å². The summed E-state index contributed by atoms with van der Waals surface area (Å²) in [6, 6.07) is 8.85. The third kappa shape index (κ3) is 3.07. The Kier molecular flexibility index (Phi) is 3.40. The molecule has 17 heavy (non-hydrogen) atoms. The van der Waals surface area contributed by atoms with Gasteiger partial charge >= 0.3 is 6.03 Å². The first-order valence-electron chi connectivity index (χ1n) is 5.35. The minimum absolute atomic E-state index is 0.341. The number of benzene rings is 1. The smallest absolute Gasteiger partial charge is 0.324 e. The van der Waals surface area contributed by atoms with Gasteiger partial charge < -0.3 is 9.73 Å². The van der Waals surface area contributed by atoms with Crippen molar-refractivity contribution >= 4 is 17.5 Å². The zero-order valence-electron chi connectivity index (χ0n) is 9.43. The van der Waals surface area contributed by atoms with Gasteiger partial charge in [-0.3, -0.25) is 5.32 Å². The van der Waals surface area contributed by atoms with Crippen LogP contribution in [0.25, 0.3) is 0 Å². The van der Waals surface area contributed by atoms with Crippen LogP contribution in [0.4, 0.5) is 16.3 Å². The number of amides is 2. The highest BCUT2D eigenvalue weighted by molar-refractivity contribution is 5.98. The SMILES string of the molecule is CCc1nc(NC(=O)Nc2ccccc2)co1. The van der Waals surface area contributed by atoms with Crippen molar-refractivity contribution in [3.05, 3.63) is 42.5 Å². The summed E-state index contributed by atoms with van der Waals surface area (Å²) < 4.78 is 5.11. The van der Waals surface area contributed by atoms with E-state index in [0.717, 1.165) is 5.69 Å². The van der Waals surface area contributed by atoms with E-state index in [0.29, 0.717) is 18.1 Å². The fourth-order valence-corrected chi connectivity index (χ4v) is 1.33. The topological polar surface area (TPSA) is 67.2 Å². The number of urea groups is 1. The molecule has 5 nitrogen and oxygen atoms in total. The lowest BCUT2D eigenvalue weighted by Gasteiger charge is -2.04. The quantitative estimate of drug-likeness (QED) is 0.853. The molecule has 2 aromatic rings. The van der Waals surface area contributed by atoms with E-state index in [-0.39, 0.29) is 6.03 Å². The standard InChI is InChI=1S/C12H13N3O2/c1-2-11-14-10(8-17-11)15-12(16)13-9-6-4-3-5-7-9/h3-8H,2H2,1H3,(H2,13,15,16). The van der Waals surface area contributed by atoms with E-state index in [4.69, 9.17) is 4.42 Å². The molecule has 2 rings (SSSR count). The summed E-state index contributed by atoms with van der Waals surface area (Å²) in [6.07, 6.45) is 2.12. The minimum Gasteiger partial charge on any atom is -0.447 e. The van der Waals surface area contributed by atoms with Crippen LogP contribution < -0.4 is 10.6 Å². The fourth-order valence-electron chi connectivity index (χ4n) is 1.33. The molecule has 2 N–H and O–H groups in total. The van der Waals surface area contributed by atoms with Crippen LogP contribution in [-0.2, 0) is 6.42 Å². The van der Waals surface area contributed by atoms with Gasteiger partial charge in [-0.15, -0.1) is 0 Å². The maximum Gasteiger partial charge on any atom is 0.324 e. The van der Waals surface area contributed by atoms with Gasteiger partial charge in [0.15, 0.2) is 11.7 Å². The molecule has 1 aromatic heterocycles. The lowest BCUT2D eigenvalue weighted by Crippen LogP contribution is -2.19. The van der Waals surface area contributed by atoms with E-state index < -0.39 is 0 Å². The number of carbonyl (C=O) groups excluding carboxylic acids is 1. The van der Waals surface area contributed by atoms with Gasteiger partial charge in [0.1, 0.15) is 6.26 Å². The third-order valence-corrected chi connectivity index (χ3v) is 2.13. The first kappa shape index (κ1) is 11.2. The number of anilines is 2. The number of nitrogens with one attached hydrogen (secondary N) is 2. The van der Waals surface area contributed by atoms with Gasteiger partial charge in [0.25, 0.3) is 0 Å². The largest absolute Gasteiger partial charge is 0.447 e. The molecule has 2 amide bonds. The summed E-state index contributed by atoms with van der Waals surface area (Å²) in [7, 11) is 0. The van der Waals surface area contributed by atoms with Crippen LogP contribution in [-0.4, -0.2) is 11.0 Å². The number of nitrogens with zero attached hydrogens (tertiary/aromatic N) is 1. The van der Waals surface area contributed by atoms with E-state index in [1.807, 2.05) is 25.1 Å². The van der Waals surface area contributed by atoms with Crippen molar-refractivity contribution in [2.45, 2.75) is 13.3 Å². The molecule has 0 aliphatic rings. The Morgan fingerprint density at radius 1 is 1.29 bits per heavy atom. The first-order valence-corrected chi connectivity index (χ1v) is 5.35. The van der Waals surface area contributed by atoms with E-state index >= 15 is 0 Å². The molecule has 1 heterocycles. The fraction of sp³-hybridized carbons (Fsp3) is 0.167. The van der Waals surface area contributed by atoms with E-state index in [1.54, 1.807) is 12.1 Å². The van der Waals surface area contributed by atoms with Crippen molar-refractivity contribution in [1.82, 2.24) is 4.98 Å². The highest BCUT2D eigenvalue weighted by atomic mass is 16.3. The number of hydrogen-bond acceptors (Lipinski definition) is 3. The molecule has 0 bridgehead atoms. The summed E-state index contributed by atoms with van der Waals surface area (Å²) >= 11 is 0. The lowest BCUT2D eigenvalue weighted by atomic mass is 10.3. The zero-order chi connectivity index (χ0) is 12.1. The summed E-state index contributed by atoms with van der Waals surface area (Å²) in [6.45, 7) is 1.93. The summed E-state index contributed by atoms with van der Waals surface area (Å²) in [5, 5.41) is 5.28. The number of aryl methyl sites for hydroxylation is 1. The van der Waals surface area contributed by atoms with Gasteiger partial charge in [-0.05, 0) is 12.1 Å². The molecule has 0 atom stereocenters. The lowest BCUT2D eigenvalue weighted by molar-refractivity contribution is 0.262. The van der Waals surface area contributed by atoms with Crippen molar-refractivity contribution in [2.75, 3.05) is 10.6 Å². The number of oxazole rings is 1. The Hall–Kier alpha value is -2.30. The molecule has 0 saturated heterocycles. The molecule has 0 aliphatic heterocycles. The van der Waals surface area contributed by atoms with Gasteiger partial charge in [-0.2, -0.15) is 4.98 Å². The predicted octanol–water partition coefficient (Wildman–Crippen LogP) is 2.88. The maximum absolute atomic E-state index is 11.6. The molecule has 0 fully saturated rings. The first-order chi connectivity index (χ1) is 8.28. The van der Waals surface area contributed by atoms with Crippen molar-refractivity contribution in [1.29, 1.82) is 0 Å². The van der Waals surface area contributed by atoms with Crippen LogP contribution in [0.2, 0.25) is 0 Å². The minimum atomic E-state index is -0.341. The van der Waals surface area contributed by atoms with Crippen LogP contribution in [0.5, 0.6) is 0 Å². The summed E-state index contributed by atoms with van der Waals surface area (Å²) in [5.41, 5.74) is 0.726. The Balaban J connectivity index is 1.93. The monoisotopic (exact) mass is 231 g/mol. The number of carbonyl (C=O) groups is 1. The van der Waals surface area contributed by atoms with Crippen LogP contribution in [0.1, 0.15) is 12.8 Å². The number of para-hydroxylation sites is 1. The van der Waals surface area contributed by atoms with Gasteiger partial charge in [0.2, 0.25) is 0 Å². The Bertz CT molecular complexity index is 493. The van der Waals surface area contributed by atoms with Gasteiger partial charge in [0, 0.05) is 12.1 Å². The molecule has 0 spiro atoms. The highest BCUT2D eigenvalue weighted by Crippen LogP contribution is 2.09. The van der Waals surface area contributed by atoms with Gasteiger partial charge in [-0.1, -0.05) is 25.1 Å². The van der Waals surface area contributed by atoms with Gasteiger partial charge in [-0.25, -0.2) is 4.79 Å². The van der Waals surface area contributed by atoms with Crippen molar-refractivity contribution in [2.24, 2.45) is 0 Å². The van der Waals surface area contributed by atoms with Gasteiger partial charge in [0.05, 0.1) is 0 Å².